The summed E-state index contributed by atoms with van der Waals surface area (Å²) in [5.41, 5.74) is 3.42. The molecule has 2 fully saturated rings. The summed E-state index contributed by atoms with van der Waals surface area (Å²) < 4.78 is 23.6. The van der Waals surface area contributed by atoms with Crippen LogP contribution in [-0.2, 0) is 4.74 Å². The number of amides is 1. The van der Waals surface area contributed by atoms with Gasteiger partial charge in [0.15, 0.2) is 5.65 Å². The van der Waals surface area contributed by atoms with E-state index in [9.17, 15) is 9.59 Å². The molecule has 4 aromatic rings. The van der Waals surface area contributed by atoms with Gasteiger partial charge in [0.2, 0.25) is 0 Å². The molecule has 10 heteroatoms. The molecule has 0 radical (unpaired) electrons. The quantitative estimate of drug-likeness (QED) is 0.319. The van der Waals surface area contributed by atoms with Gasteiger partial charge in [0, 0.05) is 48.1 Å². The highest BCUT2D eigenvalue weighted by molar-refractivity contribution is 5.93. The van der Waals surface area contributed by atoms with Crippen LogP contribution in [0.4, 0.5) is 4.39 Å². The van der Waals surface area contributed by atoms with Crippen LogP contribution in [0.5, 0.6) is 0 Å². The van der Waals surface area contributed by atoms with Crippen molar-refractivity contribution in [2.45, 2.75) is 64.3 Å². The zero-order chi connectivity index (χ0) is 27.1. The van der Waals surface area contributed by atoms with Crippen LogP contribution < -0.4 is 0 Å². The molecule has 0 N–H and O–H groups in total. The minimum Gasteiger partial charge on any atom is -0.462 e. The molecular weight excluding hydrogens is 499 g/mol. The third-order valence-electron chi connectivity index (χ3n) is 7.57. The fourth-order valence-electron chi connectivity index (χ4n) is 5.27. The van der Waals surface area contributed by atoms with E-state index in [1.807, 2.05) is 11.0 Å². The van der Waals surface area contributed by atoms with Gasteiger partial charge in [-0.3, -0.25) is 4.79 Å². The number of halogens is 1. The predicted molar refractivity (Wildman–Crippen MR) is 142 cm³/mol. The summed E-state index contributed by atoms with van der Waals surface area (Å²) in [5.74, 6) is -0.690. The zero-order valence-electron chi connectivity index (χ0n) is 22.1. The van der Waals surface area contributed by atoms with Crippen LogP contribution in [0.25, 0.3) is 22.6 Å². The lowest BCUT2D eigenvalue weighted by Gasteiger charge is -2.27. The summed E-state index contributed by atoms with van der Waals surface area (Å²) in [6, 6.07) is 8.50. The van der Waals surface area contributed by atoms with Crippen LogP contribution >= 0.6 is 0 Å². The second-order valence-corrected chi connectivity index (χ2v) is 10.4. The molecule has 1 aromatic carbocycles. The number of rotatable bonds is 6. The highest BCUT2D eigenvalue weighted by Crippen LogP contribution is 2.40. The van der Waals surface area contributed by atoms with Crippen molar-refractivity contribution in [3.63, 3.8) is 0 Å². The van der Waals surface area contributed by atoms with Crippen LogP contribution in [0.3, 0.4) is 0 Å². The van der Waals surface area contributed by atoms with E-state index in [0.717, 1.165) is 50.8 Å². The molecule has 0 spiro atoms. The summed E-state index contributed by atoms with van der Waals surface area (Å²) in [5, 5.41) is 8.87. The molecule has 1 amide bonds. The lowest BCUT2D eigenvalue weighted by atomic mass is 10.1. The molecule has 1 aliphatic carbocycles. The number of aromatic nitrogens is 5. The molecule has 1 saturated carbocycles. The summed E-state index contributed by atoms with van der Waals surface area (Å²) in [6.07, 6.45) is 9.23. The van der Waals surface area contributed by atoms with Gasteiger partial charge in [-0.25, -0.2) is 23.4 Å². The summed E-state index contributed by atoms with van der Waals surface area (Å²) in [7, 11) is 0. The predicted octanol–water partition coefficient (Wildman–Crippen LogP) is 5.18. The van der Waals surface area contributed by atoms with Crippen molar-refractivity contribution in [2.24, 2.45) is 0 Å². The van der Waals surface area contributed by atoms with Crippen molar-refractivity contribution in [1.82, 2.24) is 29.3 Å². The van der Waals surface area contributed by atoms with Crippen molar-refractivity contribution >= 4 is 17.5 Å². The molecule has 4 heterocycles. The number of benzene rings is 1. The Balaban J connectivity index is 1.33. The van der Waals surface area contributed by atoms with E-state index in [4.69, 9.17) is 14.8 Å². The second-order valence-electron chi connectivity index (χ2n) is 10.4. The first kappa shape index (κ1) is 25.2. The van der Waals surface area contributed by atoms with Crippen molar-refractivity contribution < 1.29 is 18.7 Å². The molecule has 6 rings (SSSR count). The summed E-state index contributed by atoms with van der Waals surface area (Å²) in [4.78, 5) is 32.1. The van der Waals surface area contributed by atoms with E-state index in [0.29, 0.717) is 39.8 Å². The molecule has 3 aromatic heterocycles. The van der Waals surface area contributed by atoms with Gasteiger partial charge in [-0.05, 0) is 57.7 Å². The number of esters is 1. The monoisotopic (exact) mass is 530 g/mol. The highest BCUT2D eigenvalue weighted by atomic mass is 19.1. The number of hydrogen-bond donors (Lipinski definition) is 0. The lowest BCUT2D eigenvalue weighted by Crippen LogP contribution is -2.38. The Morgan fingerprint density at radius 2 is 1.95 bits per heavy atom. The lowest BCUT2D eigenvalue weighted by molar-refractivity contribution is 0.0526. The van der Waals surface area contributed by atoms with Crippen LogP contribution in [0.2, 0.25) is 0 Å². The Bertz CT molecular complexity index is 1560. The maximum Gasteiger partial charge on any atom is 0.341 e. The molecule has 9 nitrogen and oxygen atoms in total. The Hall–Kier alpha value is -4.08. The van der Waals surface area contributed by atoms with Crippen LogP contribution in [-0.4, -0.2) is 60.3 Å². The number of carbonyl (C=O) groups is 2. The molecule has 202 valence electrons. The van der Waals surface area contributed by atoms with E-state index in [1.54, 1.807) is 29.6 Å². The Morgan fingerprint density at radius 1 is 1.10 bits per heavy atom. The smallest absolute Gasteiger partial charge is 0.341 e. The Labute approximate surface area is 225 Å². The number of fused-ring (bicyclic) bond motifs is 1. The standard InChI is InChI=1S/C29H31FN6O3/c1-3-39-29(38)20-16-31-35(17-20)21-10-11-22(23(30)13-21)24-15-27-32-25(14-26(19-8-9-19)36(27)33-24)28(37)34-12-6-4-5-7-18(34)2/h10-11,13-19H,3-9,12H2,1-2H3/t18-/m1/s1. The first-order valence-electron chi connectivity index (χ1n) is 13.7. The fourth-order valence-corrected chi connectivity index (χ4v) is 5.27. The molecule has 1 saturated heterocycles. The van der Waals surface area contributed by atoms with Gasteiger partial charge in [0.25, 0.3) is 5.91 Å². The van der Waals surface area contributed by atoms with E-state index in [2.05, 4.69) is 12.0 Å². The second kappa shape index (κ2) is 10.2. The molecular formula is C29H31FN6O3. The van der Waals surface area contributed by atoms with Gasteiger partial charge < -0.3 is 9.64 Å². The van der Waals surface area contributed by atoms with E-state index in [1.165, 1.54) is 23.1 Å². The highest BCUT2D eigenvalue weighted by Gasteiger charge is 2.31. The maximum absolute atomic E-state index is 15.4. The first-order chi connectivity index (χ1) is 18.9. The van der Waals surface area contributed by atoms with Gasteiger partial charge in [0.1, 0.15) is 11.5 Å². The molecule has 39 heavy (non-hydrogen) atoms. The first-order valence-corrected chi connectivity index (χ1v) is 13.7. The molecule has 1 aliphatic heterocycles. The molecule has 0 unspecified atom stereocenters. The number of ether oxygens (including phenoxy) is 1. The van der Waals surface area contributed by atoms with Gasteiger partial charge in [0.05, 0.1) is 29.7 Å². The van der Waals surface area contributed by atoms with Gasteiger partial charge in [-0.1, -0.05) is 12.8 Å². The maximum atomic E-state index is 15.4. The van der Waals surface area contributed by atoms with E-state index >= 15 is 4.39 Å². The minimum atomic E-state index is -0.480. The number of likely N-dealkylation sites (tertiary alicyclic amines) is 1. The van der Waals surface area contributed by atoms with Crippen molar-refractivity contribution in [1.29, 1.82) is 0 Å². The normalized spacial score (nSPS) is 17.8. The number of carbonyl (C=O) groups excluding carboxylic acids is 2. The summed E-state index contributed by atoms with van der Waals surface area (Å²) >= 11 is 0. The van der Waals surface area contributed by atoms with Crippen LogP contribution in [0.15, 0.2) is 42.7 Å². The van der Waals surface area contributed by atoms with Crippen molar-refractivity contribution in [3.05, 3.63) is 65.5 Å². The average molecular weight is 531 g/mol. The van der Waals surface area contributed by atoms with Crippen LogP contribution in [0.1, 0.15) is 84.8 Å². The topological polar surface area (TPSA) is 94.6 Å². The molecule has 1 atom stereocenters. The van der Waals surface area contributed by atoms with Gasteiger partial charge >= 0.3 is 5.97 Å². The fraction of sp³-hybridized carbons (Fsp3) is 0.414. The zero-order valence-corrected chi connectivity index (χ0v) is 22.1. The SMILES string of the molecule is CCOC(=O)c1cnn(-c2ccc(-c3cc4nc(C(=O)N5CCCCC[C@H]5C)cc(C5CC5)n4n3)c(F)c2)c1. The number of hydrogen-bond acceptors (Lipinski definition) is 6. The Morgan fingerprint density at radius 3 is 2.72 bits per heavy atom. The van der Waals surface area contributed by atoms with Crippen molar-refractivity contribution in [3.8, 4) is 16.9 Å². The summed E-state index contributed by atoms with van der Waals surface area (Å²) in [6.45, 7) is 4.84. The van der Waals surface area contributed by atoms with Crippen LogP contribution in [0, 0.1) is 5.82 Å². The Kier molecular flexibility index (Phi) is 6.62. The largest absolute Gasteiger partial charge is 0.462 e. The average Bonchev–Trinajstić information content (AvgIpc) is 3.56. The van der Waals surface area contributed by atoms with Crippen molar-refractivity contribution in [2.75, 3.05) is 13.2 Å². The third-order valence-corrected chi connectivity index (χ3v) is 7.57. The molecule has 0 bridgehead atoms. The minimum absolute atomic E-state index is 0.0477. The van der Waals surface area contributed by atoms with Gasteiger partial charge in [-0.2, -0.15) is 10.2 Å². The number of nitrogens with zero attached hydrogens (tertiary/aromatic N) is 6. The van der Waals surface area contributed by atoms with E-state index in [-0.39, 0.29) is 18.6 Å². The molecule has 2 aliphatic rings. The third kappa shape index (κ3) is 4.91. The van der Waals surface area contributed by atoms with Gasteiger partial charge in [-0.15, -0.1) is 0 Å². The van der Waals surface area contributed by atoms with E-state index < -0.39 is 11.8 Å².